The second-order valence-electron chi connectivity index (χ2n) is 17.4. The van der Waals surface area contributed by atoms with E-state index in [4.69, 9.17) is 14.2 Å². The van der Waals surface area contributed by atoms with Crippen molar-refractivity contribution in [1.29, 1.82) is 0 Å². The minimum absolute atomic E-state index is 0.119. The third-order valence-corrected chi connectivity index (χ3v) is 11.0. The van der Waals surface area contributed by atoms with Crippen LogP contribution < -0.4 is 0 Å². The number of rotatable bonds is 47. The Hall–Kier alpha value is -4.19. The molecule has 0 aromatic heterocycles. The Bertz CT molecular complexity index is 1440. The minimum Gasteiger partial charge on any atom is -0.462 e. The van der Waals surface area contributed by atoms with Gasteiger partial charge < -0.3 is 14.2 Å². The Morgan fingerprint density at radius 2 is 0.642 bits per heavy atom. The van der Waals surface area contributed by atoms with Gasteiger partial charge in [-0.25, -0.2) is 0 Å². The molecule has 67 heavy (non-hydrogen) atoms. The highest BCUT2D eigenvalue weighted by atomic mass is 16.6. The fourth-order valence-corrected chi connectivity index (χ4v) is 6.95. The van der Waals surface area contributed by atoms with E-state index >= 15 is 0 Å². The molecule has 6 nitrogen and oxygen atoms in total. The predicted molar refractivity (Wildman–Crippen MR) is 288 cm³/mol. The van der Waals surface area contributed by atoms with E-state index < -0.39 is 6.10 Å². The molecular formula is C61H98O6. The van der Waals surface area contributed by atoms with E-state index in [1.165, 1.54) is 51.4 Å². The van der Waals surface area contributed by atoms with Crippen molar-refractivity contribution in [3.05, 3.63) is 122 Å². The van der Waals surface area contributed by atoms with Gasteiger partial charge in [0.05, 0.1) is 0 Å². The molecular weight excluding hydrogens is 829 g/mol. The van der Waals surface area contributed by atoms with Gasteiger partial charge in [-0.2, -0.15) is 0 Å². The Balaban J connectivity index is 4.55. The summed E-state index contributed by atoms with van der Waals surface area (Å²) in [4.78, 5) is 38.0. The maximum atomic E-state index is 12.8. The predicted octanol–water partition coefficient (Wildman–Crippen LogP) is 18.1. The standard InChI is InChI=1S/C61H98O6/c1-4-7-10-13-16-19-22-25-28-30-32-33-36-39-42-45-48-51-54-60(63)66-57-58(56-65-59(62)53-50-47-44-41-38-35-27-24-21-18-15-12-9-6-3)67-61(64)55-52-49-46-43-40-37-34-31-29-26-23-20-17-14-11-8-5-2/h8-9,11-12,17-18,20-21,26-30,32-35,37,43,46,58H,4-7,10,13-16,19,22-25,31,36,38-42,44-45,47-57H2,1-3H3/b11-8-,12-9-,20-17-,21-18-,29-26-,30-28-,33-32-,35-27-,37-34-,46-43-. The van der Waals surface area contributed by atoms with Crippen LogP contribution >= 0.6 is 0 Å². The first-order valence-corrected chi connectivity index (χ1v) is 27.1. The van der Waals surface area contributed by atoms with Crippen LogP contribution in [0.1, 0.15) is 226 Å². The van der Waals surface area contributed by atoms with Crippen LogP contribution in [0.4, 0.5) is 0 Å². The summed E-state index contributed by atoms with van der Waals surface area (Å²) in [6.45, 7) is 6.31. The third-order valence-electron chi connectivity index (χ3n) is 11.0. The Morgan fingerprint density at radius 3 is 1.04 bits per heavy atom. The molecule has 0 aliphatic rings. The molecule has 0 saturated heterocycles. The van der Waals surface area contributed by atoms with Gasteiger partial charge in [0.25, 0.3) is 0 Å². The number of carbonyl (C=O) groups is 3. The lowest BCUT2D eigenvalue weighted by Gasteiger charge is -2.18. The van der Waals surface area contributed by atoms with E-state index in [2.05, 4.69) is 142 Å². The first-order valence-electron chi connectivity index (χ1n) is 27.1. The van der Waals surface area contributed by atoms with Crippen LogP contribution in [-0.2, 0) is 28.6 Å². The van der Waals surface area contributed by atoms with Crippen LogP contribution in [0.25, 0.3) is 0 Å². The molecule has 0 bridgehead atoms. The molecule has 0 N–H and O–H groups in total. The summed E-state index contributed by atoms with van der Waals surface area (Å²) in [5.41, 5.74) is 0. The van der Waals surface area contributed by atoms with Gasteiger partial charge in [0, 0.05) is 19.3 Å². The fourth-order valence-electron chi connectivity index (χ4n) is 6.95. The minimum atomic E-state index is -0.827. The van der Waals surface area contributed by atoms with Crippen molar-refractivity contribution in [1.82, 2.24) is 0 Å². The number of carbonyl (C=O) groups excluding carboxylic acids is 3. The summed E-state index contributed by atoms with van der Waals surface area (Å²) in [5.74, 6) is -1.02. The van der Waals surface area contributed by atoms with Gasteiger partial charge in [-0.15, -0.1) is 0 Å². The summed E-state index contributed by atoms with van der Waals surface area (Å²) in [7, 11) is 0. The number of esters is 3. The van der Waals surface area contributed by atoms with E-state index in [9.17, 15) is 14.4 Å². The van der Waals surface area contributed by atoms with Crippen molar-refractivity contribution in [3.8, 4) is 0 Å². The molecule has 0 fully saturated rings. The van der Waals surface area contributed by atoms with Gasteiger partial charge in [0.1, 0.15) is 13.2 Å². The second kappa shape index (κ2) is 54.4. The molecule has 0 heterocycles. The molecule has 0 aromatic rings. The van der Waals surface area contributed by atoms with E-state index in [-0.39, 0.29) is 37.5 Å². The Labute approximate surface area is 412 Å². The highest BCUT2D eigenvalue weighted by molar-refractivity contribution is 5.71. The van der Waals surface area contributed by atoms with Crippen molar-refractivity contribution in [2.24, 2.45) is 0 Å². The van der Waals surface area contributed by atoms with E-state index in [1.807, 2.05) is 0 Å². The summed E-state index contributed by atoms with van der Waals surface area (Å²) in [6, 6.07) is 0. The van der Waals surface area contributed by atoms with Crippen molar-refractivity contribution >= 4 is 17.9 Å². The molecule has 6 heteroatoms. The van der Waals surface area contributed by atoms with Crippen LogP contribution in [0.2, 0.25) is 0 Å². The quantitative estimate of drug-likeness (QED) is 0.0199. The SMILES string of the molecule is CC/C=C\C/C=C\C/C=C\C/C=C\C/C=C\CCCC(=O)OC(COC(=O)CCCCCC/C=C\C/C=C\C/C=C\CC)COC(=O)CCCCCCC/C=C\C=C/CCCCCCCCC. The molecule has 0 amide bonds. The van der Waals surface area contributed by atoms with E-state index in [0.717, 1.165) is 128 Å². The highest BCUT2D eigenvalue weighted by Gasteiger charge is 2.19. The van der Waals surface area contributed by atoms with E-state index in [0.29, 0.717) is 19.3 Å². The van der Waals surface area contributed by atoms with Crippen molar-refractivity contribution in [2.75, 3.05) is 13.2 Å². The lowest BCUT2D eigenvalue weighted by molar-refractivity contribution is -0.167. The molecule has 0 aliphatic heterocycles. The van der Waals surface area contributed by atoms with Gasteiger partial charge in [-0.05, 0) is 116 Å². The first-order chi connectivity index (χ1) is 33.0. The maximum absolute atomic E-state index is 12.8. The molecule has 0 aromatic carbocycles. The van der Waals surface area contributed by atoms with Crippen LogP contribution in [0, 0.1) is 0 Å². The number of ether oxygens (including phenoxy) is 3. The van der Waals surface area contributed by atoms with Gasteiger partial charge in [-0.3, -0.25) is 14.4 Å². The zero-order chi connectivity index (χ0) is 48.6. The summed E-state index contributed by atoms with van der Waals surface area (Å²) >= 11 is 0. The first kappa shape index (κ1) is 62.8. The van der Waals surface area contributed by atoms with Crippen molar-refractivity contribution in [3.63, 3.8) is 0 Å². The Morgan fingerprint density at radius 1 is 0.328 bits per heavy atom. The molecule has 0 radical (unpaired) electrons. The third kappa shape index (κ3) is 52.6. The normalized spacial score (nSPS) is 13.1. The molecule has 378 valence electrons. The van der Waals surface area contributed by atoms with Crippen LogP contribution in [0.5, 0.6) is 0 Å². The smallest absolute Gasteiger partial charge is 0.306 e. The summed E-state index contributed by atoms with van der Waals surface area (Å²) in [6.07, 6.45) is 74.7. The number of allylic oxidation sites excluding steroid dienone is 20. The summed E-state index contributed by atoms with van der Waals surface area (Å²) in [5, 5.41) is 0. The maximum Gasteiger partial charge on any atom is 0.306 e. The van der Waals surface area contributed by atoms with Crippen LogP contribution in [0.15, 0.2) is 122 Å². The zero-order valence-electron chi connectivity index (χ0n) is 43.1. The Kier molecular flexibility index (Phi) is 51.0. The average molecular weight is 927 g/mol. The monoisotopic (exact) mass is 927 g/mol. The second-order valence-corrected chi connectivity index (χ2v) is 17.4. The molecule has 1 unspecified atom stereocenters. The molecule has 0 saturated carbocycles. The number of hydrogen-bond acceptors (Lipinski definition) is 6. The molecule has 1 atom stereocenters. The van der Waals surface area contributed by atoms with Gasteiger partial charge >= 0.3 is 17.9 Å². The fraction of sp³-hybridized carbons (Fsp3) is 0.623. The summed E-state index contributed by atoms with van der Waals surface area (Å²) < 4.78 is 16.7. The van der Waals surface area contributed by atoms with Crippen LogP contribution in [-0.4, -0.2) is 37.2 Å². The van der Waals surface area contributed by atoms with Crippen molar-refractivity contribution < 1.29 is 28.6 Å². The van der Waals surface area contributed by atoms with Crippen LogP contribution in [0.3, 0.4) is 0 Å². The van der Waals surface area contributed by atoms with Gasteiger partial charge in [0.15, 0.2) is 6.10 Å². The van der Waals surface area contributed by atoms with Crippen molar-refractivity contribution in [2.45, 2.75) is 232 Å². The highest BCUT2D eigenvalue weighted by Crippen LogP contribution is 2.12. The average Bonchev–Trinajstić information content (AvgIpc) is 3.33. The lowest BCUT2D eigenvalue weighted by Crippen LogP contribution is -2.30. The topological polar surface area (TPSA) is 78.9 Å². The molecule has 0 spiro atoms. The van der Waals surface area contributed by atoms with Gasteiger partial charge in [0.2, 0.25) is 0 Å². The van der Waals surface area contributed by atoms with Gasteiger partial charge in [-0.1, -0.05) is 213 Å². The number of unbranched alkanes of at least 4 members (excludes halogenated alkanes) is 17. The largest absolute Gasteiger partial charge is 0.462 e. The lowest BCUT2D eigenvalue weighted by atomic mass is 10.1. The number of hydrogen-bond donors (Lipinski definition) is 0. The molecule has 0 rings (SSSR count). The zero-order valence-corrected chi connectivity index (χ0v) is 43.1. The molecule has 0 aliphatic carbocycles. The van der Waals surface area contributed by atoms with E-state index in [1.54, 1.807) is 0 Å².